The Balaban J connectivity index is 3.68. The highest BCUT2D eigenvalue weighted by molar-refractivity contribution is 6.39. The lowest BCUT2D eigenvalue weighted by atomic mass is 9.97. The molecule has 0 aromatic rings. The molecule has 0 rings (SSSR count). The predicted molar refractivity (Wildman–Crippen MR) is 64.8 cm³/mol. The highest BCUT2D eigenvalue weighted by Gasteiger charge is 2.23. The van der Waals surface area contributed by atoms with Gasteiger partial charge in [0.25, 0.3) is 0 Å². The number of rotatable bonds is 10. The van der Waals surface area contributed by atoms with Crippen LogP contribution in [0.1, 0.15) is 27.2 Å². The van der Waals surface area contributed by atoms with Crippen molar-refractivity contribution in [2.24, 2.45) is 11.7 Å². The van der Waals surface area contributed by atoms with Gasteiger partial charge in [0.2, 0.25) is 11.6 Å². The third-order valence-corrected chi connectivity index (χ3v) is 2.35. The maximum absolute atomic E-state index is 11.5. The third kappa shape index (κ3) is 7.20. The SMILES string of the molecule is CCOCCOCCC(=O)C(=O)[C@@H](N)C(C)C. The summed E-state index contributed by atoms with van der Waals surface area (Å²) in [5.74, 6) is -0.985. The molecule has 0 aromatic carbocycles. The van der Waals surface area contributed by atoms with Crippen molar-refractivity contribution in [2.45, 2.75) is 33.2 Å². The van der Waals surface area contributed by atoms with Crippen molar-refractivity contribution in [3.63, 3.8) is 0 Å². The highest BCUT2D eigenvalue weighted by Crippen LogP contribution is 2.01. The van der Waals surface area contributed by atoms with Crippen molar-refractivity contribution in [1.29, 1.82) is 0 Å². The molecule has 0 fully saturated rings. The minimum absolute atomic E-state index is 0.0228. The van der Waals surface area contributed by atoms with E-state index in [-0.39, 0.29) is 18.9 Å². The van der Waals surface area contributed by atoms with E-state index in [1.807, 2.05) is 20.8 Å². The number of hydrogen-bond donors (Lipinski definition) is 1. The van der Waals surface area contributed by atoms with E-state index in [0.717, 1.165) is 0 Å². The Kier molecular flexibility index (Phi) is 8.85. The van der Waals surface area contributed by atoms with Crippen LogP contribution in [-0.2, 0) is 19.1 Å². The van der Waals surface area contributed by atoms with Crippen molar-refractivity contribution in [3.05, 3.63) is 0 Å². The zero-order valence-electron chi connectivity index (χ0n) is 10.9. The molecule has 0 bridgehead atoms. The van der Waals surface area contributed by atoms with Crippen LogP contribution in [0.4, 0.5) is 0 Å². The Hall–Kier alpha value is -0.780. The first-order chi connectivity index (χ1) is 8.00. The van der Waals surface area contributed by atoms with Gasteiger partial charge in [0.05, 0.1) is 25.9 Å². The van der Waals surface area contributed by atoms with E-state index in [1.165, 1.54) is 0 Å². The second-order valence-corrected chi connectivity index (χ2v) is 4.12. The summed E-state index contributed by atoms with van der Waals surface area (Å²) in [6.07, 6.45) is 0.0887. The van der Waals surface area contributed by atoms with Crippen LogP contribution >= 0.6 is 0 Å². The maximum Gasteiger partial charge on any atom is 0.215 e. The summed E-state index contributed by atoms with van der Waals surface area (Å²) in [6.45, 7) is 7.35. The Morgan fingerprint density at radius 1 is 1.12 bits per heavy atom. The van der Waals surface area contributed by atoms with E-state index in [1.54, 1.807) is 0 Å². The number of ether oxygens (including phenoxy) is 2. The fourth-order valence-electron chi connectivity index (χ4n) is 1.14. The van der Waals surface area contributed by atoms with Gasteiger partial charge in [-0.3, -0.25) is 9.59 Å². The summed E-state index contributed by atoms with van der Waals surface area (Å²) >= 11 is 0. The monoisotopic (exact) mass is 245 g/mol. The van der Waals surface area contributed by atoms with Crippen molar-refractivity contribution in [1.82, 2.24) is 0 Å². The van der Waals surface area contributed by atoms with E-state index in [0.29, 0.717) is 19.8 Å². The topological polar surface area (TPSA) is 78.6 Å². The average molecular weight is 245 g/mol. The van der Waals surface area contributed by atoms with Crippen LogP contribution in [0.5, 0.6) is 0 Å². The van der Waals surface area contributed by atoms with E-state index < -0.39 is 17.6 Å². The van der Waals surface area contributed by atoms with Crippen LogP contribution in [0.15, 0.2) is 0 Å². The number of hydrogen-bond acceptors (Lipinski definition) is 5. The van der Waals surface area contributed by atoms with Crippen molar-refractivity contribution in [3.8, 4) is 0 Å². The highest BCUT2D eigenvalue weighted by atomic mass is 16.5. The number of nitrogens with two attached hydrogens (primary N) is 1. The van der Waals surface area contributed by atoms with Crippen LogP contribution in [0, 0.1) is 5.92 Å². The van der Waals surface area contributed by atoms with E-state index in [4.69, 9.17) is 15.2 Å². The molecule has 5 nitrogen and oxygen atoms in total. The van der Waals surface area contributed by atoms with Gasteiger partial charge in [-0.1, -0.05) is 13.8 Å². The summed E-state index contributed by atoms with van der Waals surface area (Å²) in [6, 6.07) is -0.703. The molecular weight excluding hydrogens is 222 g/mol. The molecule has 17 heavy (non-hydrogen) atoms. The molecule has 0 saturated carbocycles. The number of carbonyl (C=O) groups excluding carboxylic acids is 2. The first-order valence-electron chi connectivity index (χ1n) is 5.98. The van der Waals surface area contributed by atoms with Crippen molar-refractivity contribution < 1.29 is 19.1 Å². The van der Waals surface area contributed by atoms with Crippen LogP contribution < -0.4 is 5.73 Å². The Bertz CT molecular complexity index is 241. The maximum atomic E-state index is 11.5. The zero-order valence-corrected chi connectivity index (χ0v) is 10.9. The fraction of sp³-hybridized carbons (Fsp3) is 0.833. The average Bonchev–Trinajstić information content (AvgIpc) is 2.31. The van der Waals surface area contributed by atoms with Crippen LogP contribution in [0.3, 0.4) is 0 Å². The Morgan fingerprint density at radius 2 is 1.71 bits per heavy atom. The first kappa shape index (κ1) is 16.2. The summed E-state index contributed by atoms with van der Waals surface area (Å²) in [4.78, 5) is 22.9. The minimum Gasteiger partial charge on any atom is -0.379 e. The summed E-state index contributed by atoms with van der Waals surface area (Å²) in [5.41, 5.74) is 5.60. The molecule has 0 spiro atoms. The second-order valence-electron chi connectivity index (χ2n) is 4.12. The van der Waals surface area contributed by atoms with Gasteiger partial charge in [0, 0.05) is 13.0 Å². The fourth-order valence-corrected chi connectivity index (χ4v) is 1.14. The molecular formula is C12H23NO4. The largest absolute Gasteiger partial charge is 0.379 e. The van der Waals surface area contributed by atoms with Gasteiger partial charge in [-0.05, 0) is 12.8 Å². The molecule has 0 aliphatic rings. The lowest BCUT2D eigenvalue weighted by Gasteiger charge is -2.12. The molecule has 0 saturated heterocycles. The van der Waals surface area contributed by atoms with E-state index in [2.05, 4.69) is 0 Å². The number of carbonyl (C=O) groups is 2. The molecule has 1 atom stereocenters. The van der Waals surface area contributed by atoms with Crippen LogP contribution in [0.25, 0.3) is 0 Å². The predicted octanol–water partition coefficient (Wildman–Crippen LogP) is 0.551. The molecule has 0 aliphatic heterocycles. The van der Waals surface area contributed by atoms with Gasteiger partial charge in [0.1, 0.15) is 0 Å². The lowest BCUT2D eigenvalue weighted by molar-refractivity contribution is -0.138. The molecule has 0 heterocycles. The molecule has 0 radical (unpaired) electrons. The molecule has 0 aliphatic carbocycles. The molecule has 0 unspecified atom stereocenters. The minimum atomic E-state index is -0.703. The quantitative estimate of drug-likeness (QED) is 0.449. The van der Waals surface area contributed by atoms with Crippen LogP contribution in [-0.4, -0.2) is 44.0 Å². The van der Waals surface area contributed by atoms with Crippen LogP contribution in [0.2, 0.25) is 0 Å². The third-order valence-electron chi connectivity index (χ3n) is 2.35. The van der Waals surface area contributed by atoms with Gasteiger partial charge >= 0.3 is 0 Å². The van der Waals surface area contributed by atoms with Crippen molar-refractivity contribution >= 4 is 11.6 Å². The number of Topliss-reactive ketones (excluding diaryl/α,β-unsaturated/α-hetero) is 2. The van der Waals surface area contributed by atoms with Crippen molar-refractivity contribution in [2.75, 3.05) is 26.4 Å². The Morgan fingerprint density at radius 3 is 2.24 bits per heavy atom. The first-order valence-corrected chi connectivity index (χ1v) is 5.98. The van der Waals surface area contributed by atoms with E-state index >= 15 is 0 Å². The van der Waals surface area contributed by atoms with Gasteiger partial charge in [0.15, 0.2) is 0 Å². The summed E-state index contributed by atoms with van der Waals surface area (Å²) in [7, 11) is 0. The van der Waals surface area contributed by atoms with Gasteiger partial charge in [-0.25, -0.2) is 0 Å². The Labute approximate surface area is 103 Å². The summed E-state index contributed by atoms with van der Waals surface area (Å²) < 4.78 is 10.2. The smallest absolute Gasteiger partial charge is 0.215 e. The normalized spacial score (nSPS) is 12.8. The van der Waals surface area contributed by atoms with Gasteiger partial charge in [-0.2, -0.15) is 0 Å². The second kappa shape index (κ2) is 9.27. The molecule has 100 valence electrons. The molecule has 2 N–H and O–H groups in total. The molecule has 5 heteroatoms. The zero-order chi connectivity index (χ0) is 13.3. The number of ketones is 2. The summed E-state index contributed by atoms with van der Waals surface area (Å²) in [5, 5.41) is 0. The van der Waals surface area contributed by atoms with E-state index in [9.17, 15) is 9.59 Å². The molecule has 0 aromatic heterocycles. The van der Waals surface area contributed by atoms with Gasteiger partial charge in [-0.15, -0.1) is 0 Å². The lowest BCUT2D eigenvalue weighted by Crippen LogP contribution is -2.40. The standard InChI is InChI=1S/C12H23NO4/c1-4-16-7-8-17-6-5-10(14)12(15)11(13)9(2)3/h9,11H,4-8,13H2,1-3H3/t11-/m0/s1. The molecule has 0 amide bonds. The van der Waals surface area contributed by atoms with Gasteiger partial charge < -0.3 is 15.2 Å².